The lowest BCUT2D eigenvalue weighted by atomic mass is 10.2. The number of thiazole rings is 1. The Morgan fingerprint density at radius 3 is 2.83 bits per heavy atom. The van der Waals surface area contributed by atoms with E-state index in [2.05, 4.69) is 4.98 Å². The van der Waals surface area contributed by atoms with Crippen LogP contribution in [0.3, 0.4) is 0 Å². The van der Waals surface area contributed by atoms with Crippen LogP contribution in [0, 0.1) is 13.8 Å². The number of aryl methyl sites for hydroxylation is 2. The molecule has 0 aliphatic heterocycles. The van der Waals surface area contributed by atoms with Crippen LogP contribution in [0.5, 0.6) is 5.75 Å². The van der Waals surface area contributed by atoms with E-state index >= 15 is 0 Å². The van der Waals surface area contributed by atoms with Crippen molar-refractivity contribution in [1.82, 2.24) is 4.98 Å². The highest BCUT2D eigenvalue weighted by molar-refractivity contribution is 7.18. The average molecular weight is 179 g/mol. The second-order valence-corrected chi connectivity index (χ2v) is 4.08. The van der Waals surface area contributed by atoms with Gasteiger partial charge in [0, 0.05) is 0 Å². The van der Waals surface area contributed by atoms with Gasteiger partial charge < -0.3 is 5.11 Å². The summed E-state index contributed by atoms with van der Waals surface area (Å²) in [6, 6.07) is 3.49. The molecule has 0 saturated carbocycles. The fraction of sp³-hybridized carbons (Fsp3) is 0.222. The number of hydrogen-bond acceptors (Lipinski definition) is 3. The highest BCUT2D eigenvalue weighted by Crippen LogP contribution is 2.28. The van der Waals surface area contributed by atoms with Crippen LogP contribution in [-0.2, 0) is 0 Å². The molecule has 12 heavy (non-hydrogen) atoms. The monoisotopic (exact) mass is 179 g/mol. The number of rotatable bonds is 0. The summed E-state index contributed by atoms with van der Waals surface area (Å²) in [5.41, 5.74) is 2.05. The Morgan fingerprint density at radius 1 is 1.33 bits per heavy atom. The van der Waals surface area contributed by atoms with Crippen molar-refractivity contribution in [3.05, 3.63) is 22.7 Å². The summed E-state index contributed by atoms with van der Waals surface area (Å²) in [6.07, 6.45) is 0. The van der Waals surface area contributed by atoms with E-state index in [0.29, 0.717) is 5.75 Å². The van der Waals surface area contributed by atoms with Gasteiger partial charge in [-0.1, -0.05) is 0 Å². The van der Waals surface area contributed by atoms with Crippen molar-refractivity contribution in [3.63, 3.8) is 0 Å². The Kier molecular flexibility index (Phi) is 1.54. The predicted octanol–water partition coefficient (Wildman–Crippen LogP) is 2.62. The van der Waals surface area contributed by atoms with Gasteiger partial charge in [-0.2, -0.15) is 0 Å². The predicted molar refractivity (Wildman–Crippen MR) is 50.8 cm³/mol. The molecule has 0 radical (unpaired) electrons. The number of nitrogens with zero attached hydrogens (tertiary/aromatic N) is 1. The maximum Gasteiger partial charge on any atom is 0.117 e. The fourth-order valence-corrected chi connectivity index (χ4v) is 2.23. The number of aromatic nitrogens is 1. The molecule has 0 fully saturated rings. The van der Waals surface area contributed by atoms with Crippen LogP contribution < -0.4 is 0 Å². The van der Waals surface area contributed by atoms with Gasteiger partial charge in [-0.25, -0.2) is 4.98 Å². The number of phenols is 1. The molecule has 1 aromatic carbocycles. The van der Waals surface area contributed by atoms with Crippen molar-refractivity contribution in [2.45, 2.75) is 13.8 Å². The zero-order chi connectivity index (χ0) is 8.72. The van der Waals surface area contributed by atoms with Gasteiger partial charge in [-0.15, -0.1) is 11.3 Å². The minimum atomic E-state index is 0.323. The molecule has 1 aromatic heterocycles. The number of hydrogen-bond donors (Lipinski definition) is 1. The van der Waals surface area contributed by atoms with Gasteiger partial charge in [0.25, 0.3) is 0 Å². The summed E-state index contributed by atoms with van der Waals surface area (Å²) in [5, 5.41) is 10.3. The molecule has 0 atom stereocenters. The van der Waals surface area contributed by atoms with Gasteiger partial charge >= 0.3 is 0 Å². The average Bonchev–Trinajstić information content (AvgIpc) is 2.29. The standard InChI is InChI=1S/C9H9NOS/c1-5-3-7(11)4-8-9(5)10-6(2)12-8/h3-4,11H,1-2H3. The third kappa shape index (κ3) is 1.06. The van der Waals surface area contributed by atoms with Crippen LogP contribution in [0.25, 0.3) is 10.2 Å². The first kappa shape index (κ1) is 7.55. The molecule has 0 amide bonds. The minimum Gasteiger partial charge on any atom is -0.508 e. The second-order valence-electron chi connectivity index (χ2n) is 2.84. The third-order valence-corrected chi connectivity index (χ3v) is 2.70. The van der Waals surface area contributed by atoms with Crippen LogP contribution in [0.1, 0.15) is 10.6 Å². The second kappa shape index (κ2) is 2.45. The Balaban J connectivity index is 2.88. The van der Waals surface area contributed by atoms with E-state index in [-0.39, 0.29) is 0 Å². The van der Waals surface area contributed by atoms with Gasteiger partial charge in [-0.05, 0) is 31.5 Å². The number of phenolic OH excluding ortho intramolecular Hbond substituents is 1. The molecule has 2 aromatic rings. The summed E-state index contributed by atoms with van der Waals surface area (Å²) >= 11 is 1.61. The van der Waals surface area contributed by atoms with Crippen LogP contribution in [0.2, 0.25) is 0 Å². The molecule has 1 heterocycles. The summed E-state index contributed by atoms with van der Waals surface area (Å²) in [5.74, 6) is 0.323. The van der Waals surface area contributed by atoms with E-state index in [4.69, 9.17) is 0 Å². The molecule has 2 nitrogen and oxygen atoms in total. The van der Waals surface area contributed by atoms with Crippen molar-refractivity contribution in [2.24, 2.45) is 0 Å². The topological polar surface area (TPSA) is 33.1 Å². The van der Waals surface area contributed by atoms with Gasteiger partial charge in [0.15, 0.2) is 0 Å². The van der Waals surface area contributed by atoms with Crippen molar-refractivity contribution in [1.29, 1.82) is 0 Å². The number of fused-ring (bicyclic) bond motifs is 1. The lowest BCUT2D eigenvalue weighted by molar-refractivity contribution is 0.476. The molecular weight excluding hydrogens is 170 g/mol. The highest BCUT2D eigenvalue weighted by Gasteiger charge is 2.04. The third-order valence-electron chi connectivity index (χ3n) is 1.78. The Hall–Kier alpha value is -1.09. The zero-order valence-corrected chi connectivity index (χ0v) is 7.77. The van der Waals surface area contributed by atoms with Crippen LogP contribution in [0.4, 0.5) is 0 Å². The van der Waals surface area contributed by atoms with Crippen molar-refractivity contribution in [3.8, 4) is 5.75 Å². The number of benzene rings is 1. The minimum absolute atomic E-state index is 0.323. The molecule has 0 aliphatic rings. The smallest absolute Gasteiger partial charge is 0.117 e. The fourth-order valence-electron chi connectivity index (χ4n) is 1.29. The molecule has 0 saturated heterocycles. The lowest BCUT2D eigenvalue weighted by Crippen LogP contribution is -1.75. The maximum atomic E-state index is 9.30. The summed E-state index contributed by atoms with van der Waals surface area (Å²) in [6.45, 7) is 3.93. The largest absolute Gasteiger partial charge is 0.508 e. The first-order valence-corrected chi connectivity index (χ1v) is 4.55. The van der Waals surface area contributed by atoms with Crippen LogP contribution in [-0.4, -0.2) is 10.1 Å². The molecule has 1 N–H and O–H groups in total. The molecule has 62 valence electrons. The summed E-state index contributed by atoms with van der Waals surface area (Å²) < 4.78 is 1.06. The first-order chi connectivity index (χ1) is 5.66. The lowest BCUT2D eigenvalue weighted by Gasteiger charge is -1.94. The number of aromatic hydroxyl groups is 1. The van der Waals surface area contributed by atoms with Gasteiger partial charge in [0.05, 0.1) is 15.2 Å². The molecule has 0 unspecified atom stereocenters. The van der Waals surface area contributed by atoms with E-state index in [9.17, 15) is 5.11 Å². The Labute approximate surface area is 74.5 Å². The molecule has 2 rings (SSSR count). The van der Waals surface area contributed by atoms with Crippen molar-refractivity contribution < 1.29 is 5.11 Å². The van der Waals surface area contributed by atoms with E-state index in [1.165, 1.54) is 0 Å². The Morgan fingerprint density at radius 2 is 2.08 bits per heavy atom. The quantitative estimate of drug-likeness (QED) is 0.674. The zero-order valence-electron chi connectivity index (χ0n) is 6.96. The van der Waals surface area contributed by atoms with Crippen molar-refractivity contribution in [2.75, 3.05) is 0 Å². The molecule has 0 bridgehead atoms. The summed E-state index contributed by atoms with van der Waals surface area (Å²) in [7, 11) is 0. The normalized spacial score (nSPS) is 10.8. The van der Waals surface area contributed by atoms with E-state index in [1.807, 2.05) is 13.8 Å². The van der Waals surface area contributed by atoms with Crippen LogP contribution >= 0.6 is 11.3 Å². The van der Waals surface area contributed by atoms with Gasteiger partial charge in [0.1, 0.15) is 5.75 Å². The maximum absolute atomic E-state index is 9.30. The van der Waals surface area contributed by atoms with Gasteiger partial charge in [0.2, 0.25) is 0 Å². The molecule has 0 spiro atoms. The van der Waals surface area contributed by atoms with E-state index in [1.54, 1.807) is 23.5 Å². The van der Waals surface area contributed by atoms with Crippen molar-refractivity contribution >= 4 is 21.6 Å². The Bertz CT molecular complexity index is 433. The van der Waals surface area contributed by atoms with Gasteiger partial charge in [-0.3, -0.25) is 0 Å². The molecule has 3 heteroatoms. The molecular formula is C9H9NOS. The molecule has 0 aliphatic carbocycles. The highest BCUT2D eigenvalue weighted by atomic mass is 32.1. The van der Waals surface area contributed by atoms with E-state index < -0.39 is 0 Å². The summed E-state index contributed by atoms with van der Waals surface area (Å²) in [4.78, 5) is 4.36. The van der Waals surface area contributed by atoms with Crippen LogP contribution in [0.15, 0.2) is 12.1 Å². The van der Waals surface area contributed by atoms with E-state index in [0.717, 1.165) is 20.8 Å². The SMILES string of the molecule is Cc1nc2c(C)cc(O)cc2s1. The first-order valence-electron chi connectivity index (χ1n) is 3.73.